The van der Waals surface area contributed by atoms with Gasteiger partial charge in [0.25, 0.3) is 5.69 Å². The zero-order chi connectivity index (χ0) is 16.7. The number of ether oxygens (including phenoxy) is 1. The number of benzene rings is 1. The van der Waals surface area contributed by atoms with Gasteiger partial charge in [-0.1, -0.05) is 12.1 Å². The highest BCUT2D eigenvalue weighted by molar-refractivity contribution is 7.80. The first-order valence-corrected chi connectivity index (χ1v) is 7.11. The van der Waals surface area contributed by atoms with Gasteiger partial charge in [-0.05, 0) is 33.0 Å². The topological polar surface area (TPSA) is 88.8 Å². The molecule has 0 saturated carbocycles. The number of thiocarbonyl (C=S) groups is 1. The maximum absolute atomic E-state index is 11.0. The molecule has 0 aromatic heterocycles. The minimum absolute atomic E-state index is 0.0565. The molecule has 0 amide bonds. The summed E-state index contributed by atoms with van der Waals surface area (Å²) < 4.78 is 5.00. The van der Waals surface area contributed by atoms with Crippen LogP contribution in [0.3, 0.4) is 0 Å². The van der Waals surface area contributed by atoms with Gasteiger partial charge in [0.15, 0.2) is 5.11 Å². The van der Waals surface area contributed by atoms with Crippen molar-refractivity contribution in [3.05, 3.63) is 39.4 Å². The summed E-state index contributed by atoms with van der Waals surface area (Å²) in [4.78, 5) is 10.5. The molecule has 0 bridgehead atoms. The number of rotatable bonds is 6. The van der Waals surface area contributed by atoms with Gasteiger partial charge in [-0.3, -0.25) is 15.5 Å². The lowest BCUT2D eigenvalue weighted by Gasteiger charge is -2.14. The molecule has 0 spiro atoms. The van der Waals surface area contributed by atoms with Crippen LogP contribution in [0.15, 0.2) is 23.3 Å². The van der Waals surface area contributed by atoms with Crippen LogP contribution in [-0.4, -0.2) is 35.5 Å². The summed E-state index contributed by atoms with van der Waals surface area (Å²) in [5, 5.41) is 18.5. The zero-order valence-corrected chi connectivity index (χ0v) is 13.9. The van der Waals surface area contributed by atoms with Gasteiger partial charge in [-0.2, -0.15) is 5.10 Å². The first kappa shape index (κ1) is 18.0. The highest BCUT2D eigenvalue weighted by Gasteiger charge is 2.12. The van der Waals surface area contributed by atoms with E-state index in [-0.39, 0.29) is 11.7 Å². The summed E-state index contributed by atoms with van der Waals surface area (Å²) in [6.07, 6.45) is 0. The van der Waals surface area contributed by atoms with E-state index in [4.69, 9.17) is 17.0 Å². The standard InChI is InChI=1S/C14H20N4O3S/c1-9-5-6-12(7-13(9)18(19)20)11(3)16-17-14(22)15-10(2)8-21-4/h5-7,10H,8H2,1-4H3,(H2,15,17,22)/b16-11-/t10-/m1/s1. The summed E-state index contributed by atoms with van der Waals surface area (Å²) in [5.74, 6) is 0. The predicted molar refractivity (Wildman–Crippen MR) is 90.3 cm³/mol. The minimum atomic E-state index is -0.405. The lowest BCUT2D eigenvalue weighted by molar-refractivity contribution is -0.385. The summed E-state index contributed by atoms with van der Waals surface area (Å²) in [6, 6.07) is 5.04. The molecule has 7 nitrogen and oxygen atoms in total. The summed E-state index contributed by atoms with van der Waals surface area (Å²) in [7, 11) is 1.61. The molecule has 1 aromatic carbocycles. The van der Waals surface area contributed by atoms with Crippen molar-refractivity contribution in [2.45, 2.75) is 26.8 Å². The molecule has 8 heteroatoms. The van der Waals surface area contributed by atoms with Crippen molar-refractivity contribution in [1.82, 2.24) is 10.7 Å². The van der Waals surface area contributed by atoms with E-state index >= 15 is 0 Å². The van der Waals surface area contributed by atoms with Crippen molar-refractivity contribution in [1.29, 1.82) is 0 Å². The van der Waals surface area contributed by atoms with E-state index in [1.54, 1.807) is 33.1 Å². The minimum Gasteiger partial charge on any atom is -0.383 e. The lowest BCUT2D eigenvalue weighted by atomic mass is 10.1. The van der Waals surface area contributed by atoms with Crippen LogP contribution in [0.1, 0.15) is 25.0 Å². The van der Waals surface area contributed by atoms with E-state index in [1.165, 1.54) is 6.07 Å². The molecule has 120 valence electrons. The highest BCUT2D eigenvalue weighted by atomic mass is 32.1. The monoisotopic (exact) mass is 324 g/mol. The van der Waals surface area contributed by atoms with E-state index in [0.29, 0.717) is 28.6 Å². The van der Waals surface area contributed by atoms with E-state index in [0.717, 1.165) is 0 Å². The number of nitrogens with one attached hydrogen (secondary N) is 2. The van der Waals surface area contributed by atoms with Crippen LogP contribution in [-0.2, 0) is 4.74 Å². The average molecular weight is 324 g/mol. The number of nitro benzene ring substituents is 1. The number of hydrogen-bond acceptors (Lipinski definition) is 5. The first-order chi connectivity index (χ1) is 10.3. The Balaban J connectivity index is 2.75. The van der Waals surface area contributed by atoms with Crippen molar-refractivity contribution >= 4 is 28.7 Å². The highest BCUT2D eigenvalue weighted by Crippen LogP contribution is 2.19. The molecule has 0 aliphatic carbocycles. The van der Waals surface area contributed by atoms with Crippen LogP contribution in [0.4, 0.5) is 5.69 Å². The first-order valence-electron chi connectivity index (χ1n) is 6.70. The molecule has 2 N–H and O–H groups in total. The second-order valence-corrected chi connectivity index (χ2v) is 5.31. The van der Waals surface area contributed by atoms with Crippen LogP contribution < -0.4 is 10.7 Å². The molecular weight excluding hydrogens is 304 g/mol. The second kappa shape index (κ2) is 8.40. The molecule has 1 rings (SSSR count). The molecule has 0 saturated heterocycles. The Morgan fingerprint density at radius 3 is 2.82 bits per heavy atom. The van der Waals surface area contributed by atoms with Gasteiger partial charge in [-0.15, -0.1) is 0 Å². The Morgan fingerprint density at radius 1 is 1.55 bits per heavy atom. The van der Waals surface area contributed by atoms with Gasteiger partial charge in [0, 0.05) is 30.3 Å². The Bertz CT molecular complexity index is 589. The lowest BCUT2D eigenvalue weighted by Crippen LogP contribution is -2.40. The zero-order valence-electron chi connectivity index (χ0n) is 13.0. The SMILES string of the molecule is COC[C@@H](C)NC(=S)N/N=C(/C)c1ccc(C)c([N+](=O)[O-])c1. The number of nitrogens with zero attached hydrogens (tertiary/aromatic N) is 2. The van der Waals surface area contributed by atoms with Crippen molar-refractivity contribution in [2.24, 2.45) is 5.10 Å². The maximum Gasteiger partial charge on any atom is 0.272 e. The Hall–Kier alpha value is -2.06. The number of hydrogen-bond donors (Lipinski definition) is 2. The molecule has 0 aliphatic heterocycles. The molecule has 0 radical (unpaired) electrons. The Kier molecular flexibility index (Phi) is 6.87. The average Bonchev–Trinajstić information content (AvgIpc) is 2.45. The van der Waals surface area contributed by atoms with Gasteiger partial charge in [0.05, 0.1) is 17.2 Å². The third-order valence-corrected chi connectivity index (χ3v) is 3.15. The van der Waals surface area contributed by atoms with Gasteiger partial charge in [0.2, 0.25) is 0 Å². The largest absolute Gasteiger partial charge is 0.383 e. The summed E-state index contributed by atoms with van der Waals surface area (Å²) in [6.45, 7) is 5.90. The quantitative estimate of drug-likeness (QED) is 0.361. The fraction of sp³-hybridized carbons (Fsp3) is 0.429. The molecule has 0 unspecified atom stereocenters. The smallest absolute Gasteiger partial charge is 0.272 e. The molecular formula is C14H20N4O3S. The van der Waals surface area contributed by atoms with Crippen LogP contribution in [0, 0.1) is 17.0 Å². The molecule has 1 aromatic rings. The van der Waals surface area contributed by atoms with Gasteiger partial charge in [-0.25, -0.2) is 0 Å². The number of aryl methyl sites for hydroxylation is 1. The summed E-state index contributed by atoms with van der Waals surface area (Å²) >= 11 is 5.11. The van der Waals surface area contributed by atoms with Crippen molar-refractivity contribution < 1.29 is 9.66 Å². The fourth-order valence-corrected chi connectivity index (χ4v) is 2.02. The maximum atomic E-state index is 11.0. The third kappa shape index (κ3) is 5.38. The van der Waals surface area contributed by atoms with Crippen LogP contribution >= 0.6 is 12.2 Å². The molecule has 22 heavy (non-hydrogen) atoms. The van der Waals surface area contributed by atoms with E-state index < -0.39 is 4.92 Å². The Labute approximate surface area is 134 Å². The van der Waals surface area contributed by atoms with Crippen molar-refractivity contribution in [3.8, 4) is 0 Å². The second-order valence-electron chi connectivity index (χ2n) is 4.90. The fourth-order valence-electron chi connectivity index (χ4n) is 1.78. The van der Waals surface area contributed by atoms with Crippen molar-refractivity contribution in [2.75, 3.05) is 13.7 Å². The van der Waals surface area contributed by atoms with E-state index in [1.807, 2.05) is 6.92 Å². The third-order valence-electron chi connectivity index (χ3n) is 2.94. The van der Waals surface area contributed by atoms with Gasteiger partial charge < -0.3 is 10.1 Å². The van der Waals surface area contributed by atoms with Gasteiger partial charge in [0.1, 0.15) is 0 Å². The van der Waals surface area contributed by atoms with Crippen molar-refractivity contribution in [3.63, 3.8) is 0 Å². The normalized spacial score (nSPS) is 12.6. The summed E-state index contributed by atoms with van der Waals surface area (Å²) in [5.41, 5.74) is 4.67. The van der Waals surface area contributed by atoms with Crippen LogP contribution in [0.25, 0.3) is 0 Å². The number of methoxy groups -OCH3 is 1. The number of nitro groups is 1. The van der Waals surface area contributed by atoms with Crippen LogP contribution in [0.2, 0.25) is 0 Å². The van der Waals surface area contributed by atoms with Gasteiger partial charge >= 0.3 is 0 Å². The van der Waals surface area contributed by atoms with Crippen LogP contribution in [0.5, 0.6) is 0 Å². The molecule has 0 heterocycles. The van der Waals surface area contributed by atoms with E-state index in [2.05, 4.69) is 15.8 Å². The Morgan fingerprint density at radius 2 is 2.23 bits per heavy atom. The molecule has 0 fully saturated rings. The number of hydrazone groups is 1. The molecule has 0 aliphatic rings. The van der Waals surface area contributed by atoms with E-state index in [9.17, 15) is 10.1 Å². The predicted octanol–water partition coefficient (Wildman–Crippen LogP) is 2.13. The molecule has 1 atom stereocenters.